The lowest BCUT2D eigenvalue weighted by atomic mass is 10.0. The minimum absolute atomic E-state index is 0.175. The molecule has 1 saturated heterocycles. The number of amidine groups is 1. The molecule has 1 amide bonds. The fraction of sp³-hybridized carbons (Fsp3) is 0.0833. The van der Waals surface area contributed by atoms with Crippen LogP contribution in [0.2, 0.25) is 10.0 Å². The van der Waals surface area contributed by atoms with Gasteiger partial charge in [-0.15, -0.1) is 5.10 Å². The molecule has 230 valence electrons. The Kier molecular flexibility index (Phi) is 9.88. The van der Waals surface area contributed by atoms with Crippen LogP contribution in [0.4, 0.5) is 0 Å². The van der Waals surface area contributed by atoms with Gasteiger partial charge in [-0.1, -0.05) is 83.9 Å². The summed E-state index contributed by atoms with van der Waals surface area (Å²) in [5.74, 6) is 1.53. The van der Waals surface area contributed by atoms with Gasteiger partial charge < -0.3 is 13.9 Å². The summed E-state index contributed by atoms with van der Waals surface area (Å²) in [7, 11) is 1.56. The largest absolute Gasteiger partial charge is 0.493 e. The highest BCUT2D eigenvalue weighted by molar-refractivity contribution is 8.18. The molecule has 0 unspecified atom stereocenters. The second-order valence-electron chi connectivity index (χ2n) is 10.1. The monoisotopic (exact) mass is 667 g/mol. The van der Waals surface area contributed by atoms with E-state index < -0.39 is 0 Å². The fourth-order valence-corrected chi connectivity index (χ4v) is 6.05. The molecule has 0 bridgehead atoms. The molecular weight excluding hydrogens is 641 g/mol. The van der Waals surface area contributed by atoms with Crippen molar-refractivity contribution in [2.75, 3.05) is 7.11 Å². The number of furan rings is 1. The summed E-state index contributed by atoms with van der Waals surface area (Å²) >= 11 is 13.5. The van der Waals surface area contributed by atoms with E-state index >= 15 is 0 Å². The number of hydrogen-bond donors (Lipinski definition) is 0. The average Bonchev–Trinajstić information content (AvgIpc) is 3.70. The van der Waals surface area contributed by atoms with Crippen LogP contribution in [0.3, 0.4) is 0 Å². The van der Waals surface area contributed by atoms with E-state index in [0.29, 0.717) is 37.4 Å². The lowest BCUT2D eigenvalue weighted by Gasteiger charge is -2.13. The summed E-state index contributed by atoms with van der Waals surface area (Å²) in [6.07, 6.45) is 5.04. The molecule has 0 spiro atoms. The quantitative estimate of drug-likeness (QED) is 0.0842. The van der Waals surface area contributed by atoms with Crippen molar-refractivity contribution in [1.29, 1.82) is 0 Å². The van der Waals surface area contributed by atoms with Gasteiger partial charge in [0.2, 0.25) is 0 Å². The number of carbonyl (C=O) groups is 1. The van der Waals surface area contributed by atoms with Crippen LogP contribution in [0.1, 0.15) is 22.5 Å². The van der Waals surface area contributed by atoms with Crippen molar-refractivity contribution in [3.05, 3.63) is 147 Å². The van der Waals surface area contributed by atoms with Gasteiger partial charge in [0, 0.05) is 15.6 Å². The van der Waals surface area contributed by atoms with E-state index in [2.05, 4.69) is 22.3 Å². The van der Waals surface area contributed by atoms with Gasteiger partial charge in [-0.3, -0.25) is 9.69 Å². The van der Waals surface area contributed by atoms with Crippen molar-refractivity contribution in [1.82, 2.24) is 4.90 Å². The molecule has 0 aliphatic carbocycles. The third kappa shape index (κ3) is 7.54. The van der Waals surface area contributed by atoms with Crippen molar-refractivity contribution in [2.24, 2.45) is 10.2 Å². The fourth-order valence-electron chi connectivity index (χ4n) is 4.66. The zero-order chi connectivity index (χ0) is 31.9. The number of thioether (sulfide) groups is 1. The molecule has 4 aromatic carbocycles. The molecule has 1 aliphatic heterocycles. The second kappa shape index (κ2) is 14.6. The standard InChI is InChI=1S/C36H27Cl2N3O4S/c1-43-33-18-25(11-16-32(33)45-23-28-14-15-29(37)20-31(28)38)21-39-40-36-41(22-30-8-5-17-44-30)35(42)34(46-36)19-24-9-12-27(13-10-24)26-6-3-2-4-7-26/h2-21H,22-23H2,1H3/b34-19-,39-21-,40-36+. The lowest BCUT2D eigenvalue weighted by Crippen LogP contribution is -2.28. The topological polar surface area (TPSA) is 76.6 Å². The number of methoxy groups -OCH3 is 1. The summed E-state index contributed by atoms with van der Waals surface area (Å²) in [6.45, 7) is 0.478. The Morgan fingerprint density at radius 2 is 1.65 bits per heavy atom. The van der Waals surface area contributed by atoms with Crippen LogP contribution < -0.4 is 9.47 Å². The molecule has 1 aliphatic rings. The van der Waals surface area contributed by atoms with E-state index in [1.807, 2.05) is 66.7 Å². The Morgan fingerprint density at radius 3 is 2.39 bits per heavy atom. The van der Waals surface area contributed by atoms with Gasteiger partial charge >= 0.3 is 0 Å². The van der Waals surface area contributed by atoms with Gasteiger partial charge in [-0.25, -0.2) is 0 Å². The molecule has 2 heterocycles. The van der Waals surface area contributed by atoms with Crippen LogP contribution in [-0.4, -0.2) is 29.3 Å². The van der Waals surface area contributed by atoms with Crippen LogP contribution in [0, 0.1) is 0 Å². The minimum Gasteiger partial charge on any atom is -0.493 e. The van der Waals surface area contributed by atoms with Crippen molar-refractivity contribution in [2.45, 2.75) is 13.2 Å². The molecule has 6 rings (SSSR count). The zero-order valence-corrected chi connectivity index (χ0v) is 26.9. The number of amides is 1. The van der Waals surface area contributed by atoms with Crippen LogP contribution in [0.25, 0.3) is 17.2 Å². The highest BCUT2D eigenvalue weighted by Gasteiger charge is 2.34. The smallest absolute Gasteiger partial charge is 0.267 e. The second-order valence-corrected chi connectivity index (χ2v) is 12.0. The van der Waals surface area contributed by atoms with Gasteiger partial charge in [0.15, 0.2) is 16.7 Å². The number of halogens is 2. The number of carbonyl (C=O) groups excluding carboxylic acids is 1. The van der Waals surface area contributed by atoms with Crippen LogP contribution >= 0.6 is 35.0 Å². The molecule has 0 saturated carbocycles. The lowest BCUT2D eigenvalue weighted by molar-refractivity contribution is -0.122. The maximum absolute atomic E-state index is 13.5. The maximum Gasteiger partial charge on any atom is 0.267 e. The van der Waals surface area contributed by atoms with E-state index in [1.54, 1.807) is 54.8 Å². The third-order valence-electron chi connectivity index (χ3n) is 7.03. The molecule has 7 nitrogen and oxygen atoms in total. The van der Waals surface area contributed by atoms with Crippen LogP contribution in [-0.2, 0) is 17.9 Å². The van der Waals surface area contributed by atoms with Crippen molar-refractivity contribution in [3.8, 4) is 22.6 Å². The molecular formula is C36H27Cl2N3O4S. The van der Waals surface area contributed by atoms with Crippen LogP contribution in [0.5, 0.6) is 11.5 Å². The average molecular weight is 669 g/mol. The highest BCUT2D eigenvalue weighted by atomic mass is 35.5. The first-order valence-electron chi connectivity index (χ1n) is 14.2. The highest BCUT2D eigenvalue weighted by Crippen LogP contribution is 2.35. The summed E-state index contributed by atoms with van der Waals surface area (Å²) < 4.78 is 17.0. The van der Waals surface area contributed by atoms with Gasteiger partial charge in [-0.05, 0) is 82.6 Å². The molecule has 1 aromatic heterocycles. The van der Waals surface area contributed by atoms with Gasteiger partial charge in [0.1, 0.15) is 12.4 Å². The molecule has 5 aromatic rings. The number of hydrogen-bond acceptors (Lipinski definition) is 7. The number of ether oxygens (including phenoxy) is 2. The summed E-state index contributed by atoms with van der Waals surface area (Å²) in [5.41, 5.74) is 4.68. The van der Waals surface area contributed by atoms with Crippen molar-refractivity contribution < 1.29 is 18.7 Å². The first kappa shape index (κ1) is 31.2. The van der Waals surface area contributed by atoms with Crippen molar-refractivity contribution in [3.63, 3.8) is 0 Å². The van der Waals surface area contributed by atoms with E-state index in [-0.39, 0.29) is 19.1 Å². The number of rotatable bonds is 10. The Bertz CT molecular complexity index is 1930. The summed E-state index contributed by atoms with van der Waals surface area (Å²) in [6, 6.07) is 32.5. The van der Waals surface area contributed by atoms with E-state index in [4.69, 9.17) is 37.1 Å². The maximum atomic E-state index is 13.5. The van der Waals surface area contributed by atoms with Crippen LogP contribution in [0.15, 0.2) is 129 Å². The molecule has 46 heavy (non-hydrogen) atoms. The van der Waals surface area contributed by atoms with Gasteiger partial charge in [0.05, 0.1) is 31.0 Å². The normalized spacial score (nSPS) is 14.9. The van der Waals surface area contributed by atoms with Crippen molar-refractivity contribution >= 4 is 58.3 Å². The SMILES string of the molecule is COc1cc(/C=N\N=C2\S/C(=C\c3ccc(-c4ccccc4)cc3)C(=O)N2Cc2ccco2)ccc1OCc1ccc(Cl)cc1Cl. The zero-order valence-electron chi connectivity index (χ0n) is 24.6. The Balaban J connectivity index is 1.19. The Hall–Kier alpha value is -4.76. The molecule has 10 heteroatoms. The Morgan fingerprint density at radius 1 is 0.870 bits per heavy atom. The van der Waals surface area contributed by atoms with Gasteiger partial charge in [0.25, 0.3) is 5.91 Å². The summed E-state index contributed by atoms with van der Waals surface area (Å²) in [5, 5.41) is 10.3. The predicted octanol–water partition coefficient (Wildman–Crippen LogP) is 9.35. The first-order valence-corrected chi connectivity index (χ1v) is 15.8. The molecule has 0 N–H and O–H groups in total. The first-order chi connectivity index (χ1) is 22.5. The molecule has 1 fully saturated rings. The van der Waals surface area contributed by atoms with E-state index in [1.165, 1.54) is 11.8 Å². The third-order valence-corrected chi connectivity index (χ3v) is 8.62. The molecule has 0 atom stereocenters. The Labute approximate surface area is 280 Å². The van der Waals surface area contributed by atoms with Gasteiger partial charge in [-0.2, -0.15) is 5.10 Å². The van der Waals surface area contributed by atoms with E-state index in [0.717, 1.165) is 27.8 Å². The number of benzene rings is 4. The number of nitrogens with zero attached hydrogens (tertiary/aromatic N) is 3. The minimum atomic E-state index is -0.175. The van der Waals surface area contributed by atoms with E-state index in [9.17, 15) is 4.79 Å². The molecule has 0 radical (unpaired) electrons. The summed E-state index contributed by atoms with van der Waals surface area (Å²) in [4.78, 5) is 15.6. The predicted molar refractivity (Wildman–Crippen MR) is 186 cm³/mol.